The smallest absolute Gasteiger partial charge is 0.128 e. The lowest BCUT2D eigenvalue weighted by Gasteiger charge is -2.39. The summed E-state index contributed by atoms with van der Waals surface area (Å²) >= 11 is 0. The average Bonchev–Trinajstić information content (AvgIpc) is 2.46. The number of fused-ring (bicyclic) bond motifs is 1. The zero-order valence-corrected chi connectivity index (χ0v) is 12.8. The number of likely N-dealkylation sites (tertiary alicyclic amines) is 1. The Morgan fingerprint density at radius 2 is 1.95 bits per heavy atom. The molecule has 3 rings (SSSR count). The fourth-order valence-electron chi connectivity index (χ4n) is 3.56. The lowest BCUT2D eigenvalue weighted by atomic mass is 9.93. The number of benzene rings is 2. The summed E-state index contributed by atoms with van der Waals surface area (Å²) in [5, 5.41) is 12.6. The van der Waals surface area contributed by atoms with Gasteiger partial charge in [-0.05, 0) is 24.6 Å². The second kappa shape index (κ2) is 5.66. The highest BCUT2D eigenvalue weighted by molar-refractivity contribution is 5.89. The van der Waals surface area contributed by atoms with Gasteiger partial charge in [0.1, 0.15) is 5.75 Å². The van der Waals surface area contributed by atoms with Gasteiger partial charge in [-0.2, -0.15) is 0 Å². The predicted octanol–water partition coefficient (Wildman–Crippen LogP) is 3.28. The topological polar surface area (TPSA) is 49.5 Å². The number of phenols is 1. The number of nitrogens with zero attached hydrogens (tertiary/aromatic N) is 1. The van der Waals surface area contributed by atoms with E-state index in [1.165, 1.54) is 0 Å². The lowest BCUT2D eigenvalue weighted by Crippen LogP contribution is -2.47. The second-order valence-electron chi connectivity index (χ2n) is 6.46. The van der Waals surface area contributed by atoms with E-state index in [1.807, 2.05) is 30.3 Å². The molecule has 3 heteroatoms. The van der Waals surface area contributed by atoms with Gasteiger partial charge in [0.2, 0.25) is 0 Å². The molecule has 3 unspecified atom stereocenters. The normalized spacial score (nSPS) is 25.1. The summed E-state index contributed by atoms with van der Waals surface area (Å²) in [6, 6.07) is 12.5. The van der Waals surface area contributed by atoms with Crippen LogP contribution in [0.3, 0.4) is 0 Å². The summed E-state index contributed by atoms with van der Waals surface area (Å²) in [5.41, 5.74) is 7.15. The van der Waals surface area contributed by atoms with E-state index < -0.39 is 0 Å². The molecule has 3 nitrogen and oxygen atoms in total. The number of piperidine rings is 1. The summed E-state index contributed by atoms with van der Waals surface area (Å²) in [4.78, 5) is 2.39. The summed E-state index contributed by atoms with van der Waals surface area (Å²) in [7, 11) is 0. The summed E-state index contributed by atoms with van der Waals surface area (Å²) in [6.45, 7) is 6.35. The van der Waals surface area contributed by atoms with Crippen molar-refractivity contribution in [2.24, 2.45) is 11.7 Å². The number of nitrogens with two attached hydrogens (primary N) is 1. The molecule has 0 aromatic heterocycles. The third-order valence-electron chi connectivity index (χ3n) is 4.65. The van der Waals surface area contributed by atoms with Crippen LogP contribution in [0.25, 0.3) is 10.8 Å². The Labute approximate surface area is 126 Å². The third kappa shape index (κ3) is 2.76. The minimum Gasteiger partial charge on any atom is -0.507 e. The van der Waals surface area contributed by atoms with E-state index >= 15 is 0 Å². The van der Waals surface area contributed by atoms with Crippen LogP contribution in [0.5, 0.6) is 5.75 Å². The molecule has 0 saturated carbocycles. The fraction of sp³-hybridized carbons (Fsp3) is 0.444. The molecule has 0 radical (unpaired) electrons. The monoisotopic (exact) mass is 284 g/mol. The van der Waals surface area contributed by atoms with Gasteiger partial charge in [0, 0.05) is 36.1 Å². The maximum Gasteiger partial charge on any atom is 0.128 e. The number of rotatable bonds is 2. The summed E-state index contributed by atoms with van der Waals surface area (Å²) < 4.78 is 0. The first-order chi connectivity index (χ1) is 10.1. The molecule has 1 aliphatic heterocycles. The first kappa shape index (κ1) is 14.4. The third-order valence-corrected chi connectivity index (χ3v) is 4.65. The van der Waals surface area contributed by atoms with Crippen molar-refractivity contribution in [2.75, 3.05) is 13.1 Å². The fourth-order valence-corrected chi connectivity index (χ4v) is 3.56. The quantitative estimate of drug-likeness (QED) is 0.890. The molecular formula is C18H24N2O. The molecule has 3 N–H and O–H groups in total. The molecule has 112 valence electrons. The Morgan fingerprint density at radius 1 is 1.19 bits per heavy atom. The molecule has 1 aliphatic rings. The molecule has 0 amide bonds. The van der Waals surface area contributed by atoms with E-state index in [9.17, 15) is 5.11 Å². The van der Waals surface area contributed by atoms with Gasteiger partial charge in [-0.25, -0.2) is 0 Å². The zero-order valence-electron chi connectivity index (χ0n) is 12.8. The van der Waals surface area contributed by atoms with E-state index in [-0.39, 0.29) is 12.1 Å². The summed E-state index contributed by atoms with van der Waals surface area (Å²) in [6.07, 6.45) is 1.09. The minimum absolute atomic E-state index is 0.184. The van der Waals surface area contributed by atoms with Crippen molar-refractivity contribution in [3.05, 3.63) is 42.0 Å². The maximum absolute atomic E-state index is 10.6. The highest BCUT2D eigenvalue weighted by Crippen LogP contribution is 2.36. The molecule has 1 heterocycles. The molecule has 1 saturated heterocycles. The van der Waals surface area contributed by atoms with Crippen molar-refractivity contribution >= 4 is 10.8 Å². The van der Waals surface area contributed by atoms with Crippen LogP contribution in [0.15, 0.2) is 36.4 Å². The van der Waals surface area contributed by atoms with Gasteiger partial charge >= 0.3 is 0 Å². The molecule has 21 heavy (non-hydrogen) atoms. The van der Waals surface area contributed by atoms with Crippen molar-refractivity contribution in [1.29, 1.82) is 0 Å². The average molecular weight is 284 g/mol. The number of aromatic hydroxyl groups is 1. The summed E-state index contributed by atoms with van der Waals surface area (Å²) in [5.74, 6) is 1.02. The number of hydrogen-bond acceptors (Lipinski definition) is 3. The van der Waals surface area contributed by atoms with Gasteiger partial charge in [-0.3, -0.25) is 4.90 Å². The van der Waals surface area contributed by atoms with E-state index in [2.05, 4.69) is 24.8 Å². The molecule has 1 fully saturated rings. The van der Waals surface area contributed by atoms with Crippen molar-refractivity contribution in [1.82, 2.24) is 4.90 Å². The van der Waals surface area contributed by atoms with Crippen LogP contribution in [0.1, 0.15) is 31.9 Å². The van der Waals surface area contributed by atoms with Crippen molar-refractivity contribution in [2.45, 2.75) is 32.4 Å². The largest absolute Gasteiger partial charge is 0.507 e. The molecule has 2 aromatic carbocycles. The highest BCUT2D eigenvalue weighted by atomic mass is 16.3. The second-order valence-corrected chi connectivity index (χ2v) is 6.46. The van der Waals surface area contributed by atoms with Crippen LogP contribution in [-0.2, 0) is 0 Å². The number of phenolic OH excluding ortho intramolecular Hbond substituents is 1. The van der Waals surface area contributed by atoms with E-state index in [0.29, 0.717) is 11.7 Å². The maximum atomic E-state index is 10.6. The molecule has 3 atom stereocenters. The van der Waals surface area contributed by atoms with Crippen LogP contribution in [0.4, 0.5) is 0 Å². The van der Waals surface area contributed by atoms with Gasteiger partial charge in [-0.1, -0.05) is 43.3 Å². The Kier molecular flexibility index (Phi) is 3.87. The first-order valence-electron chi connectivity index (χ1n) is 7.76. The van der Waals surface area contributed by atoms with Crippen LogP contribution in [-0.4, -0.2) is 29.1 Å². The van der Waals surface area contributed by atoms with Crippen molar-refractivity contribution < 1.29 is 5.11 Å². The van der Waals surface area contributed by atoms with Crippen molar-refractivity contribution in [3.8, 4) is 5.75 Å². The first-order valence-corrected chi connectivity index (χ1v) is 7.76. The van der Waals surface area contributed by atoms with E-state index in [0.717, 1.165) is 35.8 Å². The van der Waals surface area contributed by atoms with Crippen LogP contribution < -0.4 is 5.73 Å². The Morgan fingerprint density at radius 3 is 2.71 bits per heavy atom. The van der Waals surface area contributed by atoms with Crippen LogP contribution in [0.2, 0.25) is 0 Å². The molecular weight excluding hydrogens is 260 g/mol. The van der Waals surface area contributed by atoms with Crippen molar-refractivity contribution in [3.63, 3.8) is 0 Å². The Bertz CT molecular complexity index is 630. The van der Waals surface area contributed by atoms with Gasteiger partial charge in [-0.15, -0.1) is 0 Å². The van der Waals surface area contributed by atoms with Gasteiger partial charge < -0.3 is 10.8 Å². The van der Waals surface area contributed by atoms with Gasteiger partial charge in [0.05, 0.1) is 0 Å². The van der Waals surface area contributed by atoms with E-state index in [1.54, 1.807) is 0 Å². The Balaban J connectivity index is 1.94. The highest BCUT2D eigenvalue weighted by Gasteiger charge is 2.27. The van der Waals surface area contributed by atoms with Gasteiger partial charge in [0.25, 0.3) is 0 Å². The standard InChI is InChI=1S/C18H24N2O/c1-12-9-15(19)11-20(10-12)13(2)16-8-7-14-5-3-4-6-17(14)18(16)21/h3-8,12-13,15,21H,9-11,19H2,1-2H3. The zero-order chi connectivity index (χ0) is 15.0. The molecule has 0 spiro atoms. The Hall–Kier alpha value is -1.58. The minimum atomic E-state index is 0.184. The lowest BCUT2D eigenvalue weighted by molar-refractivity contribution is 0.122. The SMILES string of the molecule is CC1CC(N)CN(C(C)c2ccc3ccccc3c2O)C1. The molecule has 0 bridgehead atoms. The molecule has 2 aromatic rings. The number of hydrogen-bond donors (Lipinski definition) is 2. The predicted molar refractivity (Wildman–Crippen MR) is 87.4 cm³/mol. The van der Waals surface area contributed by atoms with Crippen LogP contribution >= 0.6 is 0 Å². The van der Waals surface area contributed by atoms with Gasteiger partial charge in [0.15, 0.2) is 0 Å². The van der Waals surface area contributed by atoms with Crippen LogP contribution in [0, 0.1) is 5.92 Å². The molecule has 0 aliphatic carbocycles. The van der Waals surface area contributed by atoms with E-state index in [4.69, 9.17) is 5.73 Å².